The van der Waals surface area contributed by atoms with Gasteiger partial charge in [0.1, 0.15) is 10.8 Å². The van der Waals surface area contributed by atoms with Crippen LogP contribution < -0.4 is 10.2 Å². The van der Waals surface area contributed by atoms with E-state index in [2.05, 4.69) is 10.3 Å². The number of pyridine rings is 1. The molecule has 1 aromatic carbocycles. The van der Waals surface area contributed by atoms with Crippen LogP contribution in [0.4, 0.5) is 11.4 Å². The van der Waals surface area contributed by atoms with Crippen LogP contribution in [0.5, 0.6) is 0 Å². The van der Waals surface area contributed by atoms with Gasteiger partial charge in [0.2, 0.25) is 5.91 Å². The van der Waals surface area contributed by atoms with Gasteiger partial charge in [-0.25, -0.2) is 4.98 Å². The number of halogens is 2. The van der Waals surface area contributed by atoms with E-state index in [-0.39, 0.29) is 21.8 Å². The Morgan fingerprint density at radius 1 is 1.22 bits per heavy atom. The normalized spacial score (nSPS) is 14.2. The van der Waals surface area contributed by atoms with E-state index >= 15 is 0 Å². The van der Waals surface area contributed by atoms with Crippen molar-refractivity contribution in [2.45, 2.75) is 12.8 Å². The van der Waals surface area contributed by atoms with Gasteiger partial charge in [-0.3, -0.25) is 9.59 Å². The van der Waals surface area contributed by atoms with Gasteiger partial charge < -0.3 is 10.2 Å². The highest BCUT2D eigenvalue weighted by Crippen LogP contribution is 2.25. The number of rotatable bonds is 3. The van der Waals surface area contributed by atoms with E-state index in [0.29, 0.717) is 18.7 Å². The fourth-order valence-corrected chi connectivity index (χ4v) is 2.78. The molecule has 2 heterocycles. The van der Waals surface area contributed by atoms with E-state index in [9.17, 15) is 9.59 Å². The standard InChI is InChI=1S/C16H13Cl2N3O2/c17-12-6-7-13(18)20-15(12)16(23)19-10-3-1-4-11(9-10)21-8-2-5-14(21)22/h1,3-4,6-7,9H,2,5,8H2,(H,19,23). The van der Waals surface area contributed by atoms with Gasteiger partial charge in [0.15, 0.2) is 0 Å². The quantitative estimate of drug-likeness (QED) is 0.858. The number of aromatic nitrogens is 1. The highest BCUT2D eigenvalue weighted by molar-refractivity contribution is 6.35. The summed E-state index contributed by atoms with van der Waals surface area (Å²) in [7, 11) is 0. The SMILES string of the molecule is O=C(Nc1cccc(N2CCCC2=O)c1)c1nc(Cl)ccc1Cl. The van der Waals surface area contributed by atoms with Crippen molar-refractivity contribution >= 4 is 46.4 Å². The van der Waals surface area contributed by atoms with Crippen molar-refractivity contribution in [3.05, 3.63) is 52.3 Å². The summed E-state index contributed by atoms with van der Waals surface area (Å²) < 4.78 is 0. The number of benzene rings is 1. The summed E-state index contributed by atoms with van der Waals surface area (Å²) in [5, 5.41) is 3.13. The molecule has 2 aromatic rings. The number of anilines is 2. The second-order valence-corrected chi connectivity index (χ2v) is 5.91. The molecule has 118 valence electrons. The lowest BCUT2D eigenvalue weighted by Gasteiger charge is -2.16. The fraction of sp³-hybridized carbons (Fsp3) is 0.188. The summed E-state index contributed by atoms with van der Waals surface area (Å²) in [6.07, 6.45) is 1.40. The Bertz CT molecular complexity index is 780. The Labute approximate surface area is 143 Å². The van der Waals surface area contributed by atoms with Crippen molar-refractivity contribution in [1.82, 2.24) is 4.98 Å². The van der Waals surface area contributed by atoms with Crippen LogP contribution in [0.15, 0.2) is 36.4 Å². The van der Waals surface area contributed by atoms with Crippen LogP contribution in [-0.4, -0.2) is 23.3 Å². The number of nitrogens with zero attached hydrogens (tertiary/aromatic N) is 2. The molecule has 0 unspecified atom stereocenters. The number of hydrogen-bond donors (Lipinski definition) is 1. The summed E-state index contributed by atoms with van der Waals surface area (Å²) in [5.41, 5.74) is 1.38. The predicted octanol–water partition coefficient (Wildman–Crippen LogP) is 3.77. The first kappa shape index (κ1) is 15.8. The average molecular weight is 350 g/mol. The minimum Gasteiger partial charge on any atom is -0.321 e. The van der Waals surface area contributed by atoms with Crippen molar-refractivity contribution in [2.24, 2.45) is 0 Å². The molecule has 0 saturated carbocycles. The molecule has 1 aliphatic rings. The summed E-state index contributed by atoms with van der Waals surface area (Å²) >= 11 is 11.8. The first-order chi connectivity index (χ1) is 11.0. The summed E-state index contributed by atoms with van der Waals surface area (Å²) in [6, 6.07) is 10.1. The molecule has 2 amide bonds. The van der Waals surface area contributed by atoms with Crippen molar-refractivity contribution in [3.63, 3.8) is 0 Å². The third-order valence-corrected chi connectivity index (χ3v) is 4.03. The maximum atomic E-state index is 12.3. The number of carbonyl (C=O) groups is 2. The van der Waals surface area contributed by atoms with Gasteiger partial charge in [-0.05, 0) is 36.8 Å². The van der Waals surface area contributed by atoms with Gasteiger partial charge >= 0.3 is 0 Å². The highest BCUT2D eigenvalue weighted by Gasteiger charge is 2.22. The highest BCUT2D eigenvalue weighted by atomic mass is 35.5. The van der Waals surface area contributed by atoms with Crippen molar-refractivity contribution in [3.8, 4) is 0 Å². The maximum Gasteiger partial charge on any atom is 0.275 e. The number of hydrogen-bond acceptors (Lipinski definition) is 3. The summed E-state index contributed by atoms with van der Waals surface area (Å²) in [6.45, 7) is 0.692. The Balaban J connectivity index is 1.81. The molecule has 0 aliphatic carbocycles. The zero-order valence-corrected chi connectivity index (χ0v) is 13.6. The largest absolute Gasteiger partial charge is 0.321 e. The van der Waals surface area contributed by atoms with Gasteiger partial charge in [-0.15, -0.1) is 0 Å². The Morgan fingerprint density at radius 3 is 2.78 bits per heavy atom. The third-order valence-electron chi connectivity index (χ3n) is 3.52. The van der Waals surface area contributed by atoms with Crippen LogP contribution in [-0.2, 0) is 4.79 Å². The van der Waals surface area contributed by atoms with Crippen LogP contribution in [0, 0.1) is 0 Å². The monoisotopic (exact) mass is 349 g/mol. The molecule has 0 atom stereocenters. The van der Waals surface area contributed by atoms with Crippen molar-refractivity contribution in [2.75, 3.05) is 16.8 Å². The van der Waals surface area contributed by atoms with Crippen LogP contribution in [0.1, 0.15) is 23.3 Å². The topological polar surface area (TPSA) is 62.3 Å². The lowest BCUT2D eigenvalue weighted by Crippen LogP contribution is -2.23. The first-order valence-electron chi connectivity index (χ1n) is 7.08. The molecule has 1 aliphatic heterocycles. The van der Waals surface area contributed by atoms with Gasteiger partial charge in [-0.2, -0.15) is 0 Å². The van der Waals surface area contributed by atoms with Gasteiger partial charge in [0.05, 0.1) is 5.02 Å². The predicted molar refractivity (Wildman–Crippen MR) is 90.2 cm³/mol. The van der Waals surface area contributed by atoms with E-state index in [0.717, 1.165) is 12.1 Å². The third kappa shape index (κ3) is 3.46. The lowest BCUT2D eigenvalue weighted by atomic mass is 10.2. The molecule has 1 N–H and O–H groups in total. The minimum atomic E-state index is -0.456. The van der Waals surface area contributed by atoms with Crippen LogP contribution >= 0.6 is 23.2 Å². The molecule has 1 aromatic heterocycles. The molecule has 3 rings (SSSR count). The molecule has 7 heteroatoms. The van der Waals surface area contributed by atoms with Crippen molar-refractivity contribution in [1.29, 1.82) is 0 Å². The fourth-order valence-electron chi connectivity index (χ4n) is 2.44. The molecule has 1 fully saturated rings. The van der Waals surface area contributed by atoms with E-state index in [1.54, 1.807) is 23.1 Å². The van der Waals surface area contributed by atoms with Crippen molar-refractivity contribution < 1.29 is 9.59 Å². The minimum absolute atomic E-state index is 0.0572. The van der Waals surface area contributed by atoms with Gasteiger partial charge in [-0.1, -0.05) is 29.3 Å². The maximum absolute atomic E-state index is 12.3. The first-order valence-corrected chi connectivity index (χ1v) is 7.84. The van der Waals surface area contributed by atoms with E-state index in [1.807, 2.05) is 6.07 Å². The zero-order chi connectivity index (χ0) is 16.4. The summed E-state index contributed by atoms with van der Waals surface area (Å²) in [4.78, 5) is 29.7. The van der Waals surface area contributed by atoms with E-state index < -0.39 is 5.91 Å². The Hall–Kier alpha value is -2.11. The Morgan fingerprint density at radius 2 is 2.04 bits per heavy atom. The molecule has 0 radical (unpaired) electrons. The number of carbonyl (C=O) groups excluding carboxylic acids is 2. The van der Waals surface area contributed by atoms with E-state index in [4.69, 9.17) is 23.2 Å². The molecular formula is C16H13Cl2N3O2. The smallest absolute Gasteiger partial charge is 0.275 e. The zero-order valence-electron chi connectivity index (χ0n) is 12.1. The van der Waals surface area contributed by atoms with Crippen LogP contribution in [0.2, 0.25) is 10.2 Å². The molecule has 5 nitrogen and oxygen atoms in total. The Kier molecular flexibility index (Phi) is 4.50. The molecule has 23 heavy (non-hydrogen) atoms. The number of nitrogens with one attached hydrogen (secondary N) is 1. The summed E-state index contributed by atoms with van der Waals surface area (Å²) in [5.74, 6) is -0.365. The average Bonchev–Trinajstić information content (AvgIpc) is 2.96. The van der Waals surface area contributed by atoms with Crippen LogP contribution in [0.25, 0.3) is 0 Å². The molecule has 1 saturated heterocycles. The molecule has 0 spiro atoms. The van der Waals surface area contributed by atoms with Gasteiger partial charge in [0.25, 0.3) is 5.91 Å². The van der Waals surface area contributed by atoms with Crippen LogP contribution in [0.3, 0.4) is 0 Å². The molecular weight excluding hydrogens is 337 g/mol. The van der Waals surface area contributed by atoms with Gasteiger partial charge in [0, 0.05) is 24.3 Å². The number of amides is 2. The second-order valence-electron chi connectivity index (χ2n) is 5.12. The molecule has 0 bridgehead atoms. The second kappa shape index (κ2) is 6.56. The van der Waals surface area contributed by atoms with E-state index in [1.165, 1.54) is 12.1 Å². The lowest BCUT2D eigenvalue weighted by molar-refractivity contribution is -0.117.